The summed E-state index contributed by atoms with van der Waals surface area (Å²) in [6.07, 6.45) is 4.21. The highest BCUT2D eigenvalue weighted by molar-refractivity contribution is 7.15. The Morgan fingerprint density at radius 1 is 1.53 bits per heavy atom. The molecule has 0 spiro atoms. The van der Waals surface area contributed by atoms with Crippen LogP contribution in [0.25, 0.3) is 4.96 Å². The first-order chi connectivity index (χ1) is 9.13. The highest BCUT2D eigenvalue weighted by atomic mass is 32.1. The molecule has 1 saturated heterocycles. The molecule has 1 aliphatic rings. The van der Waals surface area contributed by atoms with Crippen LogP contribution in [-0.2, 0) is 16.1 Å². The van der Waals surface area contributed by atoms with Gasteiger partial charge in [-0.15, -0.1) is 11.3 Å². The summed E-state index contributed by atoms with van der Waals surface area (Å²) in [5.74, 6) is -0.128. The molecule has 7 heteroatoms. The summed E-state index contributed by atoms with van der Waals surface area (Å²) in [7, 11) is 0. The highest BCUT2D eigenvalue weighted by Crippen LogP contribution is 2.14. The minimum absolute atomic E-state index is 0.0535. The first-order valence-corrected chi connectivity index (χ1v) is 7.00. The molecule has 1 atom stereocenters. The maximum Gasteiger partial charge on any atom is 0.245 e. The number of hydrogen-bond donors (Lipinski definition) is 1. The standard InChI is InChI=1S/C12H14N4O2S/c1-8-11(18)15(3-2-10(17)13-8)6-9-7-16-4-5-19-12(16)14-9/h4-5,7-8H,2-3,6H2,1H3,(H,13,17). The van der Waals surface area contributed by atoms with E-state index in [9.17, 15) is 9.59 Å². The summed E-state index contributed by atoms with van der Waals surface area (Å²) in [5, 5.41) is 4.64. The number of fused-ring (bicyclic) bond motifs is 1. The molecule has 1 N–H and O–H groups in total. The summed E-state index contributed by atoms with van der Waals surface area (Å²) >= 11 is 1.56. The quantitative estimate of drug-likeness (QED) is 0.876. The van der Waals surface area contributed by atoms with E-state index in [2.05, 4.69) is 10.3 Å². The molecule has 100 valence electrons. The molecule has 1 fully saturated rings. The van der Waals surface area contributed by atoms with Crippen LogP contribution in [0.5, 0.6) is 0 Å². The Morgan fingerprint density at radius 2 is 2.37 bits per heavy atom. The Morgan fingerprint density at radius 3 is 3.16 bits per heavy atom. The number of nitrogens with zero attached hydrogens (tertiary/aromatic N) is 3. The molecule has 3 heterocycles. The maximum absolute atomic E-state index is 12.1. The molecular formula is C12H14N4O2S. The number of amides is 2. The van der Waals surface area contributed by atoms with Crippen molar-refractivity contribution in [1.29, 1.82) is 0 Å². The number of nitrogens with one attached hydrogen (secondary N) is 1. The smallest absolute Gasteiger partial charge is 0.245 e. The minimum atomic E-state index is -0.460. The van der Waals surface area contributed by atoms with Gasteiger partial charge in [0, 0.05) is 30.7 Å². The Balaban J connectivity index is 1.79. The van der Waals surface area contributed by atoms with Gasteiger partial charge in [0.2, 0.25) is 11.8 Å². The maximum atomic E-state index is 12.1. The lowest BCUT2D eigenvalue weighted by Gasteiger charge is -2.21. The van der Waals surface area contributed by atoms with Gasteiger partial charge < -0.3 is 10.2 Å². The third-order valence-electron chi connectivity index (χ3n) is 3.16. The third-order valence-corrected chi connectivity index (χ3v) is 3.94. The van der Waals surface area contributed by atoms with Crippen molar-refractivity contribution in [1.82, 2.24) is 19.6 Å². The Kier molecular flexibility index (Phi) is 2.98. The normalized spacial score (nSPS) is 20.7. The zero-order valence-electron chi connectivity index (χ0n) is 10.5. The molecule has 2 aromatic rings. The van der Waals surface area contributed by atoms with Crippen molar-refractivity contribution in [3.05, 3.63) is 23.5 Å². The first-order valence-electron chi connectivity index (χ1n) is 6.13. The average molecular weight is 278 g/mol. The monoisotopic (exact) mass is 278 g/mol. The van der Waals surface area contributed by atoms with Crippen LogP contribution in [0.1, 0.15) is 19.0 Å². The summed E-state index contributed by atoms with van der Waals surface area (Å²) in [6, 6.07) is -0.460. The molecule has 2 aromatic heterocycles. The summed E-state index contributed by atoms with van der Waals surface area (Å²) in [4.78, 5) is 30.6. The fourth-order valence-corrected chi connectivity index (χ4v) is 2.92. The van der Waals surface area contributed by atoms with Gasteiger partial charge in [-0.2, -0.15) is 0 Å². The first kappa shape index (κ1) is 12.2. The molecule has 2 amide bonds. The van der Waals surface area contributed by atoms with E-state index in [1.807, 2.05) is 22.2 Å². The van der Waals surface area contributed by atoms with E-state index < -0.39 is 6.04 Å². The van der Waals surface area contributed by atoms with Crippen LogP contribution in [0.15, 0.2) is 17.8 Å². The predicted octanol–water partition coefficient (Wildman–Crippen LogP) is 0.633. The second-order valence-electron chi connectivity index (χ2n) is 4.62. The molecule has 0 radical (unpaired) electrons. The average Bonchev–Trinajstić information content (AvgIpc) is 2.90. The highest BCUT2D eigenvalue weighted by Gasteiger charge is 2.26. The SMILES string of the molecule is CC1NC(=O)CCN(Cc2cn3ccsc3n2)C1=O. The van der Waals surface area contributed by atoms with Crippen molar-refractivity contribution >= 4 is 28.1 Å². The second kappa shape index (κ2) is 4.65. The van der Waals surface area contributed by atoms with Crippen LogP contribution in [0.4, 0.5) is 0 Å². The number of imidazole rings is 1. The van der Waals surface area contributed by atoms with Gasteiger partial charge in [-0.05, 0) is 6.92 Å². The van der Waals surface area contributed by atoms with Crippen molar-refractivity contribution in [3.63, 3.8) is 0 Å². The molecule has 1 unspecified atom stereocenters. The lowest BCUT2D eigenvalue weighted by Crippen LogP contribution is -2.42. The van der Waals surface area contributed by atoms with Gasteiger partial charge >= 0.3 is 0 Å². The van der Waals surface area contributed by atoms with Gasteiger partial charge in [0.25, 0.3) is 0 Å². The number of rotatable bonds is 2. The van der Waals surface area contributed by atoms with Gasteiger partial charge in [0.05, 0.1) is 12.2 Å². The molecule has 0 bridgehead atoms. The van der Waals surface area contributed by atoms with Crippen molar-refractivity contribution in [2.24, 2.45) is 0 Å². The van der Waals surface area contributed by atoms with Crippen LogP contribution < -0.4 is 5.32 Å². The molecule has 6 nitrogen and oxygen atoms in total. The van der Waals surface area contributed by atoms with Crippen LogP contribution in [0.2, 0.25) is 0 Å². The molecule has 1 aliphatic heterocycles. The zero-order valence-corrected chi connectivity index (χ0v) is 11.3. The Labute approximate surface area is 114 Å². The van der Waals surface area contributed by atoms with Gasteiger partial charge in [-0.25, -0.2) is 4.98 Å². The number of aromatic nitrogens is 2. The van der Waals surface area contributed by atoms with Crippen molar-refractivity contribution in [2.75, 3.05) is 6.54 Å². The topological polar surface area (TPSA) is 66.7 Å². The van der Waals surface area contributed by atoms with Gasteiger partial charge in [0.15, 0.2) is 4.96 Å². The largest absolute Gasteiger partial charge is 0.345 e. The van der Waals surface area contributed by atoms with Crippen LogP contribution in [0.3, 0.4) is 0 Å². The number of thiazole rings is 1. The van der Waals surface area contributed by atoms with E-state index in [1.165, 1.54) is 0 Å². The summed E-state index contributed by atoms with van der Waals surface area (Å²) < 4.78 is 1.94. The van der Waals surface area contributed by atoms with E-state index in [0.29, 0.717) is 19.5 Å². The number of carbonyl (C=O) groups is 2. The lowest BCUT2D eigenvalue weighted by atomic mass is 10.3. The van der Waals surface area contributed by atoms with E-state index in [4.69, 9.17) is 0 Å². The van der Waals surface area contributed by atoms with Gasteiger partial charge in [0.1, 0.15) is 6.04 Å². The number of carbonyl (C=O) groups excluding carboxylic acids is 2. The summed E-state index contributed by atoms with van der Waals surface area (Å²) in [6.45, 7) is 2.61. The molecular weight excluding hydrogens is 264 g/mol. The van der Waals surface area contributed by atoms with Crippen molar-refractivity contribution < 1.29 is 9.59 Å². The van der Waals surface area contributed by atoms with E-state index in [1.54, 1.807) is 23.2 Å². The van der Waals surface area contributed by atoms with Crippen molar-refractivity contribution in [2.45, 2.75) is 25.9 Å². The van der Waals surface area contributed by atoms with Crippen LogP contribution in [0, 0.1) is 0 Å². The minimum Gasteiger partial charge on any atom is -0.345 e. The molecule has 3 rings (SSSR count). The summed E-state index contributed by atoms with van der Waals surface area (Å²) in [5.41, 5.74) is 0.849. The Hall–Kier alpha value is -1.89. The van der Waals surface area contributed by atoms with Crippen LogP contribution >= 0.6 is 11.3 Å². The molecule has 0 aromatic carbocycles. The number of hydrogen-bond acceptors (Lipinski definition) is 4. The van der Waals surface area contributed by atoms with Crippen LogP contribution in [-0.4, -0.2) is 38.7 Å². The van der Waals surface area contributed by atoms with Gasteiger partial charge in [-0.1, -0.05) is 0 Å². The fourth-order valence-electron chi connectivity index (χ4n) is 2.20. The molecule has 19 heavy (non-hydrogen) atoms. The fraction of sp³-hybridized carbons (Fsp3) is 0.417. The molecule has 0 aliphatic carbocycles. The second-order valence-corrected chi connectivity index (χ2v) is 5.50. The Bertz CT molecular complexity index is 604. The van der Waals surface area contributed by atoms with E-state index >= 15 is 0 Å². The van der Waals surface area contributed by atoms with E-state index in [-0.39, 0.29) is 11.8 Å². The van der Waals surface area contributed by atoms with Crippen molar-refractivity contribution in [3.8, 4) is 0 Å². The predicted molar refractivity (Wildman–Crippen MR) is 70.7 cm³/mol. The van der Waals surface area contributed by atoms with Gasteiger partial charge in [-0.3, -0.25) is 14.0 Å². The zero-order chi connectivity index (χ0) is 13.4. The van der Waals surface area contributed by atoms with E-state index in [0.717, 1.165) is 10.7 Å². The third kappa shape index (κ3) is 2.33. The lowest BCUT2D eigenvalue weighted by molar-refractivity contribution is -0.133. The molecule has 0 saturated carbocycles.